The summed E-state index contributed by atoms with van der Waals surface area (Å²) < 4.78 is 32.5. The average molecular weight is 435 g/mol. The van der Waals surface area contributed by atoms with Crippen LogP contribution in [0.2, 0.25) is 0 Å². The molecule has 0 radical (unpaired) electrons. The molecule has 3 aliphatic rings. The molecule has 0 bridgehead atoms. The van der Waals surface area contributed by atoms with E-state index in [0.29, 0.717) is 37.1 Å². The number of aryl methyl sites for hydroxylation is 2. The normalized spacial score (nSPS) is 20.4. The molecule has 2 saturated heterocycles. The first-order valence-electron chi connectivity index (χ1n) is 10.5. The Morgan fingerprint density at radius 1 is 1.00 bits per heavy atom. The molecule has 1 aliphatic carbocycles. The van der Waals surface area contributed by atoms with Crippen LogP contribution in [-0.4, -0.2) is 61.6 Å². The molecule has 1 aromatic rings. The van der Waals surface area contributed by atoms with Gasteiger partial charge in [-0.25, -0.2) is 8.42 Å². The smallest absolute Gasteiger partial charge is 0.309 e. The van der Waals surface area contributed by atoms with Crippen LogP contribution >= 0.6 is 0 Å². The third-order valence-corrected chi connectivity index (χ3v) is 8.10. The zero-order chi connectivity index (χ0) is 21.3. The number of carbonyl (C=O) groups is 3. The molecule has 0 N–H and O–H groups in total. The number of nitrogens with zero attached hydrogens (tertiary/aromatic N) is 2. The third kappa shape index (κ3) is 4.13. The first kappa shape index (κ1) is 21.0. The quantitative estimate of drug-likeness (QED) is 0.647. The Hall–Kier alpha value is -2.26. The van der Waals surface area contributed by atoms with Crippen molar-refractivity contribution in [1.29, 1.82) is 0 Å². The van der Waals surface area contributed by atoms with Crippen molar-refractivity contribution in [3.63, 3.8) is 0 Å². The van der Waals surface area contributed by atoms with Crippen LogP contribution in [0.1, 0.15) is 43.2 Å². The maximum Gasteiger partial charge on any atom is 0.309 e. The molecule has 1 aromatic carbocycles. The molecule has 2 heterocycles. The molecule has 8 nitrogen and oxygen atoms in total. The van der Waals surface area contributed by atoms with Crippen LogP contribution in [0.4, 0.5) is 0 Å². The van der Waals surface area contributed by atoms with Crippen LogP contribution in [-0.2, 0) is 42.0 Å². The summed E-state index contributed by atoms with van der Waals surface area (Å²) in [6, 6.07) is 5.36. The number of rotatable bonds is 5. The molecule has 0 saturated carbocycles. The number of hydrogen-bond acceptors (Lipinski definition) is 6. The third-order valence-electron chi connectivity index (χ3n) is 6.21. The number of ether oxygens (including phenoxy) is 1. The van der Waals surface area contributed by atoms with Gasteiger partial charge in [-0.15, -0.1) is 0 Å². The summed E-state index contributed by atoms with van der Waals surface area (Å²) in [5.41, 5.74) is 2.33. The minimum absolute atomic E-state index is 0.234. The van der Waals surface area contributed by atoms with E-state index in [1.807, 2.05) is 6.07 Å². The largest absolute Gasteiger partial charge is 0.455 e. The van der Waals surface area contributed by atoms with Crippen molar-refractivity contribution in [3.05, 3.63) is 29.3 Å². The highest BCUT2D eigenvalue weighted by molar-refractivity contribution is 7.89. The van der Waals surface area contributed by atoms with E-state index in [9.17, 15) is 22.8 Å². The topological polar surface area (TPSA) is 101 Å². The first-order valence-corrected chi connectivity index (χ1v) is 11.9. The van der Waals surface area contributed by atoms with Crippen molar-refractivity contribution in [1.82, 2.24) is 9.21 Å². The van der Waals surface area contributed by atoms with E-state index in [2.05, 4.69) is 0 Å². The lowest BCUT2D eigenvalue weighted by Crippen LogP contribution is -2.41. The Morgan fingerprint density at radius 3 is 2.43 bits per heavy atom. The van der Waals surface area contributed by atoms with Gasteiger partial charge in [-0.2, -0.15) is 4.31 Å². The molecule has 2 aliphatic heterocycles. The molecular weight excluding hydrogens is 408 g/mol. The molecule has 4 rings (SSSR count). The molecule has 0 aromatic heterocycles. The summed E-state index contributed by atoms with van der Waals surface area (Å²) >= 11 is 0. The van der Waals surface area contributed by atoms with E-state index in [-0.39, 0.29) is 19.0 Å². The summed E-state index contributed by atoms with van der Waals surface area (Å²) in [5, 5.41) is 0. The van der Waals surface area contributed by atoms with E-state index in [1.54, 1.807) is 12.1 Å². The van der Waals surface area contributed by atoms with Gasteiger partial charge in [0.1, 0.15) is 0 Å². The minimum Gasteiger partial charge on any atom is -0.455 e. The maximum absolute atomic E-state index is 13.0. The highest BCUT2D eigenvalue weighted by atomic mass is 32.2. The van der Waals surface area contributed by atoms with Crippen molar-refractivity contribution in [2.45, 2.75) is 49.8 Å². The molecular formula is C21H26N2O6S. The van der Waals surface area contributed by atoms with Gasteiger partial charge in [-0.05, 0) is 61.8 Å². The molecule has 2 fully saturated rings. The zero-order valence-corrected chi connectivity index (χ0v) is 17.7. The number of fused-ring (bicyclic) bond motifs is 1. The Kier molecular flexibility index (Phi) is 5.92. The van der Waals surface area contributed by atoms with Gasteiger partial charge in [0, 0.05) is 26.1 Å². The van der Waals surface area contributed by atoms with Crippen LogP contribution in [0.3, 0.4) is 0 Å². The molecule has 0 unspecified atom stereocenters. The number of hydrogen-bond donors (Lipinski definition) is 0. The van der Waals surface area contributed by atoms with Crippen molar-refractivity contribution in [3.8, 4) is 0 Å². The number of imide groups is 1. The van der Waals surface area contributed by atoms with Crippen LogP contribution < -0.4 is 0 Å². The van der Waals surface area contributed by atoms with Gasteiger partial charge in [0.15, 0.2) is 6.61 Å². The number of carbonyl (C=O) groups excluding carboxylic acids is 3. The summed E-state index contributed by atoms with van der Waals surface area (Å²) in [7, 11) is -3.59. The lowest BCUT2D eigenvalue weighted by molar-refractivity contribution is -0.158. The second-order valence-corrected chi connectivity index (χ2v) is 10.1. The fraction of sp³-hybridized carbons (Fsp3) is 0.571. The molecule has 30 heavy (non-hydrogen) atoms. The Balaban J connectivity index is 1.30. The Bertz CT molecular complexity index is 966. The molecule has 0 spiro atoms. The lowest BCUT2D eigenvalue weighted by Gasteiger charge is -2.30. The molecule has 162 valence electrons. The molecule has 2 amide bonds. The second kappa shape index (κ2) is 8.47. The van der Waals surface area contributed by atoms with Crippen LogP contribution in [0.5, 0.6) is 0 Å². The van der Waals surface area contributed by atoms with Gasteiger partial charge in [-0.1, -0.05) is 6.07 Å². The van der Waals surface area contributed by atoms with E-state index in [0.717, 1.165) is 29.7 Å². The van der Waals surface area contributed by atoms with Crippen molar-refractivity contribution < 1.29 is 27.5 Å². The minimum atomic E-state index is -3.59. The monoisotopic (exact) mass is 434 g/mol. The van der Waals surface area contributed by atoms with E-state index in [4.69, 9.17) is 4.74 Å². The zero-order valence-electron chi connectivity index (χ0n) is 16.8. The number of esters is 1. The van der Waals surface area contributed by atoms with Crippen molar-refractivity contribution in [2.75, 3.05) is 26.2 Å². The lowest BCUT2D eigenvalue weighted by atomic mass is 9.98. The summed E-state index contributed by atoms with van der Waals surface area (Å²) in [6.07, 6.45) is 4.64. The highest BCUT2D eigenvalue weighted by Gasteiger charge is 2.34. The fourth-order valence-corrected chi connectivity index (χ4v) is 5.95. The number of amides is 2. The number of sulfonamides is 1. The number of likely N-dealkylation sites (tertiary alicyclic amines) is 1. The predicted octanol–water partition coefficient (Wildman–Crippen LogP) is 1.27. The van der Waals surface area contributed by atoms with E-state index < -0.39 is 34.4 Å². The molecule has 0 atom stereocenters. The second-order valence-electron chi connectivity index (χ2n) is 8.11. The highest BCUT2D eigenvalue weighted by Crippen LogP contribution is 2.29. The van der Waals surface area contributed by atoms with E-state index >= 15 is 0 Å². The van der Waals surface area contributed by atoms with Crippen molar-refractivity contribution >= 4 is 27.8 Å². The Morgan fingerprint density at radius 2 is 1.73 bits per heavy atom. The van der Waals surface area contributed by atoms with Crippen LogP contribution in [0, 0.1) is 5.92 Å². The van der Waals surface area contributed by atoms with Gasteiger partial charge in [0.05, 0.1) is 10.8 Å². The van der Waals surface area contributed by atoms with Gasteiger partial charge >= 0.3 is 5.97 Å². The van der Waals surface area contributed by atoms with Gasteiger partial charge in [-0.3, -0.25) is 19.3 Å². The standard InChI is InChI=1S/C21H26N2O6S/c24-19-5-2-10-23(19)20(25)14-29-21(26)16-8-11-22(12-9-16)30(27,28)18-7-6-15-3-1-4-17(15)13-18/h6-7,13,16H,1-5,8-12,14H2. The van der Waals surface area contributed by atoms with E-state index in [1.165, 1.54) is 9.87 Å². The van der Waals surface area contributed by atoms with Gasteiger partial charge in [0.2, 0.25) is 15.9 Å². The first-order chi connectivity index (χ1) is 14.4. The van der Waals surface area contributed by atoms with Crippen LogP contribution in [0.15, 0.2) is 23.1 Å². The van der Waals surface area contributed by atoms with Crippen LogP contribution in [0.25, 0.3) is 0 Å². The molecule has 9 heteroatoms. The summed E-state index contributed by atoms with van der Waals surface area (Å²) in [4.78, 5) is 37.3. The van der Waals surface area contributed by atoms with Crippen molar-refractivity contribution in [2.24, 2.45) is 5.92 Å². The van der Waals surface area contributed by atoms with Gasteiger partial charge in [0.25, 0.3) is 5.91 Å². The average Bonchev–Trinajstić information content (AvgIpc) is 3.40. The Labute approximate surface area is 176 Å². The number of benzene rings is 1. The number of piperidine rings is 1. The van der Waals surface area contributed by atoms with Gasteiger partial charge < -0.3 is 4.74 Å². The summed E-state index contributed by atoms with van der Waals surface area (Å²) in [6.45, 7) is 0.391. The SMILES string of the molecule is O=C(OCC(=O)N1CCCC1=O)C1CCN(S(=O)(=O)c2ccc3c(c2)CCC3)CC1. The summed E-state index contributed by atoms with van der Waals surface area (Å²) in [5.74, 6) is -1.69. The predicted molar refractivity (Wildman–Crippen MR) is 107 cm³/mol. The maximum atomic E-state index is 13.0. The fourth-order valence-electron chi connectivity index (χ4n) is 4.43.